The molecule has 0 aromatic heterocycles. The molecule has 2 rings (SSSR count). The van der Waals surface area contributed by atoms with E-state index in [1.54, 1.807) is 12.1 Å². The van der Waals surface area contributed by atoms with E-state index in [1.165, 1.54) is 11.8 Å². The van der Waals surface area contributed by atoms with Crippen LogP contribution in [0.5, 0.6) is 0 Å². The van der Waals surface area contributed by atoms with Gasteiger partial charge in [0.15, 0.2) is 0 Å². The quantitative estimate of drug-likeness (QED) is 0.637. The summed E-state index contributed by atoms with van der Waals surface area (Å²) in [6.45, 7) is 1.98. The van der Waals surface area contributed by atoms with Crippen LogP contribution in [0.1, 0.15) is 36.9 Å². The molecule has 0 aliphatic carbocycles. The highest BCUT2D eigenvalue weighted by Gasteiger charge is 2.16. The van der Waals surface area contributed by atoms with Crippen molar-refractivity contribution in [3.8, 4) is 0 Å². The van der Waals surface area contributed by atoms with Gasteiger partial charge in [0.1, 0.15) is 5.82 Å². The maximum absolute atomic E-state index is 14.0. The average molecular weight is 361 g/mol. The van der Waals surface area contributed by atoms with Crippen molar-refractivity contribution in [1.29, 1.82) is 0 Å². The molecule has 0 fully saturated rings. The van der Waals surface area contributed by atoms with E-state index in [4.69, 9.17) is 5.11 Å². The Bertz CT molecular complexity index is 693. The van der Waals surface area contributed by atoms with Gasteiger partial charge in [-0.2, -0.15) is 0 Å². The molecular formula is C20H24FNO2S. The number of carboxylic acid groups (broad SMARTS) is 1. The Morgan fingerprint density at radius 3 is 2.56 bits per heavy atom. The molecule has 2 unspecified atom stereocenters. The highest BCUT2D eigenvalue weighted by Crippen LogP contribution is 2.24. The molecule has 3 nitrogen and oxygen atoms in total. The van der Waals surface area contributed by atoms with E-state index < -0.39 is 5.97 Å². The van der Waals surface area contributed by atoms with Crippen LogP contribution in [0, 0.1) is 5.82 Å². The van der Waals surface area contributed by atoms with E-state index in [0.29, 0.717) is 11.3 Å². The van der Waals surface area contributed by atoms with Gasteiger partial charge in [-0.15, -0.1) is 11.8 Å². The van der Waals surface area contributed by atoms with Gasteiger partial charge in [0.2, 0.25) is 0 Å². The Hall–Kier alpha value is -1.85. The van der Waals surface area contributed by atoms with Gasteiger partial charge < -0.3 is 10.4 Å². The summed E-state index contributed by atoms with van der Waals surface area (Å²) in [5, 5.41) is 12.5. The van der Waals surface area contributed by atoms with Crippen LogP contribution >= 0.6 is 11.8 Å². The maximum atomic E-state index is 14.0. The Morgan fingerprint density at radius 2 is 1.96 bits per heavy atom. The van der Waals surface area contributed by atoms with Gasteiger partial charge in [-0.3, -0.25) is 4.79 Å². The number of benzene rings is 2. The molecule has 2 atom stereocenters. The van der Waals surface area contributed by atoms with Crippen molar-refractivity contribution < 1.29 is 14.3 Å². The van der Waals surface area contributed by atoms with Gasteiger partial charge >= 0.3 is 5.97 Å². The molecule has 0 aliphatic heterocycles. The smallest absolute Gasteiger partial charge is 0.303 e. The van der Waals surface area contributed by atoms with E-state index in [2.05, 4.69) is 5.32 Å². The maximum Gasteiger partial charge on any atom is 0.303 e. The fourth-order valence-corrected chi connectivity index (χ4v) is 3.30. The van der Waals surface area contributed by atoms with E-state index >= 15 is 0 Å². The number of carboxylic acids is 1. The fourth-order valence-electron chi connectivity index (χ4n) is 2.84. The second kappa shape index (κ2) is 9.59. The van der Waals surface area contributed by atoms with Crippen LogP contribution in [0.4, 0.5) is 4.39 Å². The number of thioether (sulfide) groups is 1. The molecule has 2 aromatic rings. The topological polar surface area (TPSA) is 49.3 Å². The first-order valence-corrected chi connectivity index (χ1v) is 9.57. The standard InChI is InChI=1S/C20H24FNO2S/c1-14(16-8-10-19(25-2)18(21)13-16)22-17(9-11-20(23)24)12-15-6-4-3-5-7-15/h3-8,10,13-14,17,22H,9,11-12H2,1-2H3,(H,23,24). The third kappa shape index (κ3) is 6.18. The number of nitrogens with one attached hydrogen (secondary N) is 1. The van der Waals surface area contributed by atoms with Gasteiger partial charge in [-0.1, -0.05) is 36.4 Å². The molecule has 0 bridgehead atoms. The molecule has 134 valence electrons. The van der Waals surface area contributed by atoms with Gasteiger partial charge in [0.05, 0.1) is 0 Å². The molecule has 5 heteroatoms. The van der Waals surface area contributed by atoms with Crippen LogP contribution in [-0.2, 0) is 11.2 Å². The minimum absolute atomic E-state index is 0.0109. The Balaban J connectivity index is 2.08. The normalized spacial score (nSPS) is 13.4. The minimum Gasteiger partial charge on any atom is -0.481 e. The van der Waals surface area contributed by atoms with Gasteiger partial charge in [0.25, 0.3) is 0 Å². The molecule has 0 saturated heterocycles. The summed E-state index contributed by atoms with van der Waals surface area (Å²) < 4.78 is 14.0. The molecule has 0 amide bonds. The second-order valence-corrected chi connectivity index (χ2v) is 6.95. The summed E-state index contributed by atoms with van der Waals surface area (Å²) in [5.74, 6) is -1.02. The zero-order valence-corrected chi connectivity index (χ0v) is 15.4. The first-order valence-electron chi connectivity index (χ1n) is 8.34. The van der Waals surface area contributed by atoms with Gasteiger partial charge in [-0.05, 0) is 49.3 Å². The number of carbonyl (C=O) groups is 1. The predicted molar refractivity (Wildman–Crippen MR) is 101 cm³/mol. The molecule has 0 aliphatic rings. The monoisotopic (exact) mass is 361 g/mol. The van der Waals surface area contributed by atoms with Crippen LogP contribution < -0.4 is 5.32 Å². The van der Waals surface area contributed by atoms with Crippen LogP contribution in [0.15, 0.2) is 53.4 Å². The summed E-state index contributed by atoms with van der Waals surface area (Å²) >= 11 is 1.38. The number of halogens is 1. The largest absolute Gasteiger partial charge is 0.481 e. The predicted octanol–water partition coefficient (Wildman–Crippen LogP) is 4.67. The Labute approximate surface area is 152 Å². The third-order valence-electron chi connectivity index (χ3n) is 4.19. The third-order valence-corrected chi connectivity index (χ3v) is 4.96. The lowest BCUT2D eigenvalue weighted by Gasteiger charge is -2.24. The number of hydrogen-bond acceptors (Lipinski definition) is 3. The molecule has 0 spiro atoms. The second-order valence-electron chi connectivity index (χ2n) is 6.10. The van der Waals surface area contributed by atoms with Crippen molar-refractivity contribution in [3.63, 3.8) is 0 Å². The molecule has 25 heavy (non-hydrogen) atoms. The minimum atomic E-state index is -0.803. The van der Waals surface area contributed by atoms with Crippen LogP contribution in [0.2, 0.25) is 0 Å². The number of aliphatic carboxylic acids is 1. The summed E-state index contributed by atoms with van der Waals surface area (Å²) in [7, 11) is 0. The zero-order valence-electron chi connectivity index (χ0n) is 14.5. The van der Waals surface area contributed by atoms with Gasteiger partial charge in [-0.25, -0.2) is 4.39 Å². The van der Waals surface area contributed by atoms with Crippen molar-refractivity contribution >= 4 is 17.7 Å². The van der Waals surface area contributed by atoms with Crippen molar-refractivity contribution in [1.82, 2.24) is 5.32 Å². The molecule has 0 saturated carbocycles. The Morgan fingerprint density at radius 1 is 1.24 bits per heavy atom. The first kappa shape index (κ1) is 19.5. The molecule has 0 radical (unpaired) electrons. The Kier molecular flexibility index (Phi) is 7.47. The zero-order chi connectivity index (χ0) is 18.2. The highest BCUT2D eigenvalue weighted by atomic mass is 32.2. The van der Waals surface area contributed by atoms with E-state index in [-0.39, 0.29) is 24.3 Å². The van der Waals surface area contributed by atoms with Crippen molar-refractivity contribution in [2.24, 2.45) is 0 Å². The number of hydrogen-bond donors (Lipinski definition) is 2. The summed E-state index contributed by atoms with van der Waals surface area (Å²) in [6, 6.07) is 15.2. The summed E-state index contributed by atoms with van der Waals surface area (Å²) in [6.07, 6.45) is 3.22. The first-order chi connectivity index (χ1) is 12.0. The lowest BCUT2D eigenvalue weighted by Crippen LogP contribution is -2.34. The lowest BCUT2D eigenvalue weighted by molar-refractivity contribution is -0.137. The average Bonchev–Trinajstić information content (AvgIpc) is 2.60. The van der Waals surface area contributed by atoms with E-state index in [0.717, 1.165) is 17.5 Å². The SMILES string of the molecule is CSc1ccc(C(C)NC(CCC(=O)O)Cc2ccccc2)cc1F. The summed E-state index contributed by atoms with van der Waals surface area (Å²) in [5.41, 5.74) is 2.02. The van der Waals surface area contributed by atoms with Crippen LogP contribution in [0.25, 0.3) is 0 Å². The van der Waals surface area contributed by atoms with E-state index in [1.807, 2.05) is 49.6 Å². The van der Waals surface area contributed by atoms with Crippen molar-refractivity contribution in [2.45, 2.75) is 43.2 Å². The lowest BCUT2D eigenvalue weighted by atomic mass is 9.99. The highest BCUT2D eigenvalue weighted by molar-refractivity contribution is 7.98. The molecule has 2 N–H and O–H groups in total. The van der Waals surface area contributed by atoms with Gasteiger partial charge in [0, 0.05) is 23.4 Å². The van der Waals surface area contributed by atoms with Crippen molar-refractivity contribution in [3.05, 3.63) is 65.5 Å². The van der Waals surface area contributed by atoms with Crippen LogP contribution in [0.3, 0.4) is 0 Å². The van der Waals surface area contributed by atoms with Crippen molar-refractivity contribution in [2.75, 3.05) is 6.26 Å². The fraction of sp³-hybridized carbons (Fsp3) is 0.350. The molecule has 0 heterocycles. The van der Waals surface area contributed by atoms with Crippen LogP contribution in [-0.4, -0.2) is 23.4 Å². The summed E-state index contributed by atoms with van der Waals surface area (Å²) in [4.78, 5) is 11.6. The number of rotatable bonds is 9. The molecular weight excluding hydrogens is 337 g/mol. The molecule has 2 aromatic carbocycles. The van der Waals surface area contributed by atoms with E-state index in [9.17, 15) is 9.18 Å².